The summed E-state index contributed by atoms with van der Waals surface area (Å²) in [7, 11) is 0. The van der Waals surface area contributed by atoms with E-state index < -0.39 is 0 Å². The maximum Gasteiger partial charge on any atom is 0.138 e. The largest absolute Gasteiger partial charge is 0.338 e. The van der Waals surface area contributed by atoms with Crippen LogP contribution < -0.4 is 0 Å². The van der Waals surface area contributed by atoms with Crippen LogP contribution in [-0.4, -0.2) is 9.97 Å². The minimum Gasteiger partial charge on any atom is -0.338 e. The van der Waals surface area contributed by atoms with E-state index in [-0.39, 0.29) is 0 Å². The molecule has 0 atom stereocenters. The molecule has 0 spiro atoms. The molecule has 0 unspecified atom stereocenters. The topological polar surface area (TPSA) is 28.7 Å². The molecule has 5 rings (SSSR count). The molecule has 1 N–H and O–H groups in total. The van der Waals surface area contributed by atoms with Crippen LogP contribution in [0.2, 0.25) is 0 Å². The zero-order valence-electron chi connectivity index (χ0n) is 12.5. The molecule has 0 radical (unpaired) electrons. The number of benzene rings is 4. The molecule has 1 aromatic heterocycles. The molecule has 108 valence electrons. The maximum absolute atomic E-state index is 4.86. The number of hydrogen-bond donors (Lipinski definition) is 1. The van der Waals surface area contributed by atoms with E-state index >= 15 is 0 Å². The summed E-state index contributed by atoms with van der Waals surface area (Å²) in [4.78, 5) is 8.30. The van der Waals surface area contributed by atoms with E-state index in [1.807, 2.05) is 18.2 Å². The second-order valence-corrected chi connectivity index (χ2v) is 5.79. The molecule has 2 heteroatoms. The molecule has 0 fully saturated rings. The van der Waals surface area contributed by atoms with Gasteiger partial charge in [0, 0.05) is 10.9 Å². The first-order valence-corrected chi connectivity index (χ1v) is 7.76. The number of nitrogens with zero attached hydrogens (tertiary/aromatic N) is 1. The van der Waals surface area contributed by atoms with Crippen molar-refractivity contribution >= 4 is 32.6 Å². The van der Waals surface area contributed by atoms with Crippen LogP contribution in [0.15, 0.2) is 78.9 Å². The van der Waals surface area contributed by atoms with Gasteiger partial charge >= 0.3 is 0 Å². The van der Waals surface area contributed by atoms with Gasteiger partial charge < -0.3 is 4.98 Å². The summed E-state index contributed by atoms with van der Waals surface area (Å²) in [6, 6.07) is 27.4. The molecule has 5 aromatic rings. The van der Waals surface area contributed by atoms with Gasteiger partial charge in [0.05, 0.1) is 11.0 Å². The van der Waals surface area contributed by atoms with E-state index in [0.29, 0.717) is 0 Å². The van der Waals surface area contributed by atoms with E-state index in [2.05, 4.69) is 65.6 Å². The number of rotatable bonds is 1. The first kappa shape index (κ1) is 12.4. The summed E-state index contributed by atoms with van der Waals surface area (Å²) in [6.45, 7) is 0. The summed E-state index contributed by atoms with van der Waals surface area (Å²) in [6.07, 6.45) is 0. The van der Waals surface area contributed by atoms with Crippen LogP contribution in [0.25, 0.3) is 44.0 Å². The van der Waals surface area contributed by atoms with Gasteiger partial charge in [0.25, 0.3) is 0 Å². The Bertz CT molecular complexity index is 1150. The van der Waals surface area contributed by atoms with Crippen LogP contribution in [0.5, 0.6) is 0 Å². The molecule has 4 aromatic carbocycles. The van der Waals surface area contributed by atoms with Gasteiger partial charge in [0.15, 0.2) is 0 Å². The molecular weight excluding hydrogens is 280 g/mol. The van der Waals surface area contributed by atoms with Gasteiger partial charge in [-0.2, -0.15) is 0 Å². The number of imidazole rings is 1. The summed E-state index contributed by atoms with van der Waals surface area (Å²) in [5.74, 6) is 0.918. The van der Waals surface area contributed by atoms with Crippen molar-refractivity contribution in [3.8, 4) is 11.4 Å². The van der Waals surface area contributed by atoms with Crippen LogP contribution in [-0.2, 0) is 0 Å². The van der Waals surface area contributed by atoms with Crippen LogP contribution in [0.4, 0.5) is 0 Å². The fourth-order valence-corrected chi connectivity index (χ4v) is 3.29. The second-order valence-electron chi connectivity index (χ2n) is 5.79. The van der Waals surface area contributed by atoms with Crippen molar-refractivity contribution in [2.75, 3.05) is 0 Å². The molecule has 0 bridgehead atoms. The lowest BCUT2D eigenvalue weighted by atomic mass is 10.0. The van der Waals surface area contributed by atoms with Crippen LogP contribution in [0.3, 0.4) is 0 Å². The summed E-state index contributed by atoms with van der Waals surface area (Å²) >= 11 is 0. The smallest absolute Gasteiger partial charge is 0.138 e. The first-order valence-electron chi connectivity index (χ1n) is 7.76. The minimum atomic E-state index is 0.918. The molecule has 1 heterocycles. The van der Waals surface area contributed by atoms with Crippen LogP contribution >= 0.6 is 0 Å². The standard InChI is InChI=1S/C21H14N2/c1-2-7-15(8-3-1)21-22-19-13-12-17-16-9-5-4-6-14(16)10-11-18(17)20(19)23-21/h1-13H,(H,22,23). The molecule has 0 amide bonds. The highest BCUT2D eigenvalue weighted by Gasteiger charge is 2.09. The van der Waals surface area contributed by atoms with Gasteiger partial charge in [-0.1, -0.05) is 72.8 Å². The third-order valence-corrected chi connectivity index (χ3v) is 4.42. The Labute approximate surface area is 133 Å². The maximum atomic E-state index is 4.86. The number of nitrogens with one attached hydrogen (secondary N) is 1. The normalized spacial score (nSPS) is 11.5. The predicted octanol–water partition coefficient (Wildman–Crippen LogP) is 5.54. The van der Waals surface area contributed by atoms with E-state index in [9.17, 15) is 0 Å². The minimum absolute atomic E-state index is 0.918. The zero-order valence-corrected chi connectivity index (χ0v) is 12.5. The average Bonchev–Trinajstić information content (AvgIpc) is 3.07. The van der Waals surface area contributed by atoms with Crippen molar-refractivity contribution < 1.29 is 0 Å². The molecule has 0 aliphatic rings. The Hall–Kier alpha value is -3.13. The summed E-state index contributed by atoms with van der Waals surface area (Å²) in [5, 5.41) is 4.98. The predicted molar refractivity (Wildman–Crippen MR) is 96.5 cm³/mol. The Kier molecular flexibility index (Phi) is 2.53. The van der Waals surface area contributed by atoms with Gasteiger partial charge in [-0.3, -0.25) is 0 Å². The number of H-pyrrole nitrogens is 1. The van der Waals surface area contributed by atoms with Crippen molar-refractivity contribution in [2.24, 2.45) is 0 Å². The Morgan fingerprint density at radius 2 is 1.39 bits per heavy atom. The summed E-state index contributed by atoms with van der Waals surface area (Å²) < 4.78 is 0. The number of hydrogen-bond acceptors (Lipinski definition) is 1. The van der Waals surface area contributed by atoms with Gasteiger partial charge in [0.2, 0.25) is 0 Å². The van der Waals surface area contributed by atoms with Gasteiger partial charge in [-0.25, -0.2) is 4.98 Å². The monoisotopic (exact) mass is 294 g/mol. The third kappa shape index (κ3) is 1.85. The zero-order chi connectivity index (χ0) is 15.2. The van der Waals surface area contributed by atoms with Gasteiger partial charge in [0.1, 0.15) is 5.82 Å². The van der Waals surface area contributed by atoms with E-state index in [0.717, 1.165) is 22.4 Å². The molecule has 0 saturated heterocycles. The highest BCUT2D eigenvalue weighted by molar-refractivity contribution is 6.15. The number of aromatic nitrogens is 2. The fourth-order valence-electron chi connectivity index (χ4n) is 3.29. The van der Waals surface area contributed by atoms with Crippen LogP contribution in [0, 0.1) is 0 Å². The van der Waals surface area contributed by atoms with Crippen molar-refractivity contribution in [2.45, 2.75) is 0 Å². The highest BCUT2D eigenvalue weighted by Crippen LogP contribution is 2.31. The van der Waals surface area contributed by atoms with Crippen molar-refractivity contribution in [1.29, 1.82) is 0 Å². The third-order valence-electron chi connectivity index (χ3n) is 4.42. The lowest BCUT2D eigenvalue weighted by molar-refractivity contribution is 1.34. The first-order chi connectivity index (χ1) is 11.4. The van der Waals surface area contributed by atoms with Crippen LogP contribution in [0.1, 0.15) is 0 Å². The highest BCUT2D eigenvalue weighted by atomic mass is 14.9. The fraction of sp³-hybridized carbons (Fsp3) is 0. The lowest BCUT2D eigenvalue weighted by Crippen LogP contribution is -1.79. The molecular formula is C21H14N2. The van der Waals surface area contributed by atoms with Crippen molar-refractivity contribution in [1.82, 2.24) is 9.97 Å². The quantitative estimate of drug-likeness (QED) is 0.404. The molecule has 2 nitrogen and oxygen atoms in total. The van der Waals surface area contributed by atoms with Crippen molar-refractivity contribution in [3.05, 3.63) is 78.9 Å². The number of aromatic amines is 1. The summed E-state index contributed by atoms with van der Waals surface area (Å²) in [5.41, 5.74) is 3.22. The molecule has 0 aliphatic heterocycles. The SMILES string of the molecule is c1ccc(-c2nc3c(ccc4c5ccccc5ccc43)[nH]2)cc1. The van der Waals surface area contributed by atoms with Gasteiger partial charge in [-0.05, 0) is 22.2 Å². The Morgan fingerprint density at radius 1 is 0.609 bits per heavy atom. The lowest BCUT2D eigenvalue weighted by Gasteiger charge is -2.03. The van der Waals surface area contributed by atoms with E-state index in [1.165, 1.54) is 21.5 Å². The van der Waals surface area contributed by atoms with Gasteiger partial charge in [-0.15, -0.1) is 0 Å². The average molecular weight is 294 g/mol. The molecule has 0 aliphatic carbocycles. The van der Waals surface area contributed by atoms with E-state index in [1.54, 1.807) is 0 Å². The van der Waals surface area contributed by atoms with E-state index in [4.69, 9.17) is 4.98 Å². The molecule has 23 heavy (non-hydrogen) atoms. The second kappa shape index (κ2) is 4.68. The van der Waals surface area contributed by atoms with Crippen molar-refractivity contribution in [3.63, 3.8) is 0 Å². The Balaban J connectivity index is 1.86. The number of fused-ring (bicyclic) bond motifs is 5. The Morgan fingerprint density at radius 3 is 2.30 bits per heavy atom. The molecule has 0 saturated carbocycles.